The number of anilines is 3. The molecule has 0 unspecified atom stereocenters. The number of hydrogen-bond donors (Lipinski definition) is 1. The highest BCUT2D eigenvalue weighted by molar-refractivity contribution is 7.92. The first-order chi connectivity index (χ1) is 19.5. The van der Waals surface area contributed by atoms with Crippen LogP contribution in [0.2, 0.25) is 0 Å². The Morgan fingerprint density at radius 3 is 2.32 bits per heavy atom. The van der Waals surface area contributed by atoms with Crippen LogP contribution in [0.3, 0.4) is 0 Å². The molecule has 4 aliphatic rings. The van der Waals surface area contributed by atoms with Crippen molar-refractivity contribution in [3.05, 3.63) is 42.1 Å². The number of alkyl halides is 2. The molecule has 2 aliphatic heterocycles. The fourth-order valence-electron chi connectivity index (χ4n) is 6.06. The molecule has 41 heavy (non-hydrogen) atoms. The van der Waals surface area contributed by atoms with Crippen LogP contribution in [0.4, 0.5) is 30.5 Å². The van der Waals surface area contributed by atoms with Crippen LogP contribution in [-0.2, 0) is 9.84 Å². The maximum Gasteiger partial charge on any atom is 0.258 e. The SMILES string of the molecule is O=C(Nc1cn2c(F)cnc2c(N2CCC(F)(F)CC2)n1)c1ccc(S(=O)(=O)C2CC2)cc1N1CCC2(CC1)CC2. The highest BCUT2D eigenvalue weighted by atomic mass is 32.2. The molecule has 218 valence electrons. The monoisotopic (exact) mass is 588 g/mol. The van der Waals surface area contributed by atoms with Gasteiger partial charge in [0.25, 0.3) is 11.8 Å². The summed E-state index contributed by atoms with van der Waals surface area (Å²) >= 11 is 0. The van der Waals surface area contributed by atoms with Crippen molar-refractivity contribution < 1.29 is 26.4 Å². The smallest absolute Gasteiger partial charge is 0.258 e. The zero-order valence-electron chi connectivity index (χ0n) is 22.5. The number of amides is 1. The van der Waals surface area contributed by atoms with E-state index in [1.165, 1.54) is 31.2 Å². The molecule has 0 radical (unpaired) electrons. The summed E-state index contributed by atoms with van der Waals surface area (Å²) in [6.07, 6.45) is 7.28. The summed E-state index contributed by atoms with van der Waals surface area (Å²) < 4.78 is 69.5. The van der Waals surface area contributed by atoms with Gasteiger partial charge in [0, 0.05) is 39.0 Å². The van der Waals surface area contributed by atoms with Gasteiger partial charge in [-0.15, -0.1) is 0 Å². The highest BCUT2D eigenvalue weighted by Gasteiger charge is 2.45. The number of nitrogens with one attached hydrogen (secondary N) is 1. The van der Waals surface area contributed by atoms with Crippen molar-refractivity contribution in [3.63, 3.8) is 0 Å². The van der Waals surface area contributed by atoms with Gasteiger partial charge in [0.15, 0.2) is 27.1 Å². The summed E-state index contributed by atoms with van der Waals surface area (Å²) in [6, 6.07) is 4.62. The van der Waals surface area contributed by atoms with Crippen LogP contribution < -0.4 is 15.1 Å². The van der Waals surface area contributed by atoms with Gasteiger partial charge in [0.2, 0.25) is 5.95 Å². The largest absolute Gasteiger partial charge is 0.371 e. The molecule has 1 spiro atoms. The van der Waals surface area contributed by atoms with E-state index in [1.54, 1.807) is 11.0 Å². The quantitative estimate of drug-likeness (QED) is 0.447. The zero-order valence-corrected chi connectivity index (χ0v) is 23.3. The van der Waals surface area contributed by atoms with Crippen molar-refractivity contribution in [3.8, 4) is 0 Å². The minimum absolute atomic E-state index is 0.0130. The minimum Gasteiger partial charge on any atom is -0.371 e. The molecule has 1 aromatic carbocycles. The van der Waals surface area contributed by atoms with E-state index in [-0.39, 0.29) is 53.4 Å². The van der Waals surface area contributed by atoms with E-state index in [9.17, 15) is 26.4 Å². The van der Waals surface area contributed by atoms with E-state index in [1.807, 2.05) is 0 Å². The molecule has 1 amide bonds. The van der Waals surface area contributed by atoms with Crippen molar-refractivity contribution in [2.45, 2.75) is 67.4 Å². The van der Waals surface area contributed by atoms with Gasteiger partial charge in [-0.05, 0) is 62.1 Å². The fraction of sp³-hybridized carbons (Fsp3) is 0.536. The molecule has 13 heteroatoms. The predicted molar refractivity (Wildman–Crippen MR) is 147 cm³/mol. The van der Waals surface area contributed by atoms with Crippen LogP contribution in [-0.4, -0.2) is 66.0 Å². The van der Waals surface area contributed by atoms with Gasteiger partial charge in [0.05, 0.1) is 33.8 Å². The Morgan fingerprint density at radius 1 is 0.976 bits per heavy atom. The highest BCUT2D eigenvalue weighted by Crippen LogP contribution is 2.54. The van der Waals surface area contributed by atoms with E-state index >= 15 is 0 Å². The number of rotatable bonds is 6. The Bertz CT molecular complexity index is 1630. The number of fused-ring (bicyclic) bond motifs is 1. The molecule has 1 N–H and O–H groups in total. The van der Waals surface area contributed by atoms with Gasteiger partial charge < -0.3 is 15.1 Å². The lowest BCUT2D eigenvalue weighted by molar-refractivity contribution is -0.0221. The van der Waals surface area contributed by atoms with Crippen molar-refractivity contribution >= 4 is 38.7 Å². The second-order valence-corrected chi connectivity index (χ2v) is 14.2. The van der Waals surface area contributed by atoms with Gasteiger partial charge in [-0.1, -0.05) is 0 Å². The number of carbonyl (C=O) groups excluding carboxylic acids is 1. The van der Waals surface area contributed by atoms with E-state index in [2.05, 4.69) is 20.2 Å². The van der Waals surface area contributed by atoms with E-state index < -0.39 is 27.6 Å². The van der Waals surface area contributed by atoms with Crippen LogP contribution in [0, 0.1) is 11.4 Å². The van der Waals surface area contributed by atoms with Gasteiger partial charge in [-0.2, -0.15) is 4.39 Å². The third-order valence-electron chi connectivity index (χ3n) is 9.09. The summed E-state index contributed by atoms with van der Waals surface area (Å²) in [4.78, 5) is 26.2. The number of halogens is 3. The van der Waals surface area contributed by atoms with Gasteiger partial charge in [-0.25, -0.2) is 27.2 Å². The molecular weight excluding hydrogens is 557 g/mol. The molecule has 0 bridgehead atoms. The van der Waals surface area contributed by atoms with E-state index in [0.29, 0.717) is 29.5 Å². The van der Waals surface area contributed by atoms with E-state index in [0.717, 1.165) is 36.5 Å². The Labute approximate surface area is 235 Å². The number of aromatic nitrogens is 3. The summed E-state index contributed by atoms with van der Waals surface area (Å²) in [5.74, 6) is -3.74. The standard InChI is InChI=1S/C28H31F3N6O3S/c29-22-16-32-24-25(36-13-9-28(30,31)10-14-36)33-23(17-37(22)24)34-26(38)20-4-3-19(41(39,40)18-1-2-18)15-21(20)35-11-7-27(5-6-27)8-12-35/h3-4,15-18H,1-2,5-14H2,(H,34,38). The first kappa shape index (κ1) is 26.5. The molecule has 4 fully saturated rings. The third kappa shape index (κ3) is 4.91. The lowest BCUT2D eigenvalue weighted by atomic mass is 9.93. The molecule has 2 saturated carbocycles. The summed E-state index contributed by atoms with van der Waals surface area (Å²) in [7, 11) is -3.47. The molecule has 7 rings (SSSR count). The molecule has 2 saturated heterocycles. The van der Waals surface area contributed by atoms with Crippen molar-refractivity contribution in [1.82, 2.24) is 14.4 Å². The van der Waals surface area contributed by atoms with Crippen molar-refractivity contribution in [2.24, 2.45) is 5.41 Å². The fourth-order valence-corrected chi connectivity index (χ4v) is 7.73. The van der Waals surface area contributed by atoms with Gasteiger partial charge in [0.1, 0.15) is 0 Å². The maximum absolute atomic E-state index is 14.6. The number of piperidine rings is 2. The van der Waals surface area contributed by atoms with Crippen LogP contribution in [0.15, 0.2) is 35.5 Å². The third-order valence-corrected chi connectivity index (χ3v) is 11.4. The van der Waals surface area contributed by atoms with Crippen LogP contribution in [0.5, 0.6) is 0 Å². The second-order valence-electron chi connectivity index (χ2n) is 11.9. The Balaban J connectivity index is 1.22. The first-order valence-electron chi connectivity index (χ1n) is 14.1. The van der Waals surface area contributed by atoms with Crippen LogP contribution in [0.25, 0.3) is 5.65 Å². The molecule has 2 aromatic heterocycles. The average Bonchev–Trinajstić information content (AvgIpc) is 3.89. The summed E-state index contributed by atoms with van der Waals surface area (Å²) in [5.41, 5.74) is 1.40. The molecule has 9 nitrogen and oxygen atoms in total. The lowest BCUT2D eigenvalue weighted by Crippen LogP contribution is -2.40. The van der Waals surface area contributed by atoms with Gasteiger partial charge >= 0.3 is 0 Å². The van der Waals surface area contributed by atoms with Gasteiger partial charge in [-0.3, -0.25) is 9.20 Å². The number of imidazole rings is 1. The number of sulfone groups is 1. The minimum atomic E-state index is -3.47. The maximum atomic E-state index is 14.6. The zero-order chi connectivity index (χ0) is 28.6. The molecule has 0 atom stereocenters. The lowest BCUT2D eigenvalue weighted by Gasteiger charge is -2.35. The second kappa shape index (κ2) is 9.33. The van der Waals surface area contributed by atoms with Crippen LogP contribution in [0.1, 0.15) is 61.7 Å². The molecule has 4 heterocycles. The number of hydrogen-bond acceptors (Lipinski definition) is 7. The molecule has 2 aliphatic carbocycles. The van der Waals surface area contributed by atoms with E-state index in [4.69, 9.17) is 0 Å². The van der Waals surface area contributed by atoms with Crippen molar-refractivity contribution in [1.29, 1.82) is 0 Å². The Hall–Kier alpha value is -3.35. The summed E-state index contributed by atoms with van der Waals surface area (Å²) in [5, 5.41) is 2.37. The number of carbonyl (C=O) groups is 1. The topological polar surface area (TPSA) is 99.9 Å². The Morgan fingerprint density at radius 2 is 1.66 bits per heavy atom. The average molecular weight is 589 g/mol. The number of nitrogens with zero attached hydrogens (tertiary/aromatic N) is 5. The summed E-state index contributed by atoms with van der Waals surface area (Å²) in [6.45, 7) is 1.47. The Kier molecular flexibility index (Phi) is 6.04. The normalized spacial score (nSPS) is 21.8. The first-order valence-corrected chi connectivity index (χ1v) is 15.7. The van der Waals surface area contributed by atoms with Crippen LogP contribution >= 0.6 is 0 Å². The molecular formula is C28H31F3N6O3S. The predicted octanol–water partition coefficient (Wildman–Crippen LogP) is 4.67. The molecule has 3 aromatic rings. The van der Waals surface area contributed by atoms with Crippen molar-refractivity contribution in [2.75, 3.05) is 41.3 Å². The number of benzene rings is 1.